The molecule has 28 heavy (non-hydrogen) atoms. The summed E-state index contributed by atoms with van der Waals surface area (Å²) in [6.45, 7) is 3.14. The van der Waals surface area contributed by atoms with Crippen molar-refractivity contribution in [1.82, 2.24) is 14.0 Å². The molecule has 0 atom stereocenters. The van der Waals surface area contributed by atoms with Crippen molar-refractivity contribution in [1.29, 1.82) is 0 Å². The van der Waals surface area contributed by atoms with Crippen LogP contribution in [0.4, 0.5) is 0 Å². The molecule has 7 heteroatoms. The first-order valence-corrected chi connectivity index (χ1v) is 9.46. The number of carbonyl (C=O) groups is 1. The number of methoxy groups -OCH3 is 3. The normalized spacial score (nSPS) is 11.6. The van der Waals surface area contributed by atoms with Crippen LogP contribution >= 0.6 is 0 Å². The predicted molar refractivity (Wildman–Crippen MR) is 110 cm³/mol. The van der Waals surface area contributed by atoms with Crippen LogP contribution in [0.1, 0.15) is 10.5 Å². The van der Waals surface area contributed by atoms with Crippen molar-refractivity contribution in [2.24, 2.45) is 7.05 Å². The molecule has 0 saturated heterocycles. The van der Waals surface area contributed by atoms with E-state index in [9.17, 15) is 4.79 Å². The van der Waals surface area contributed by atoms with Crippen molar-refractivity contribution < 1.29 is 19.0 Å². The first-order chi connectivity index (χ1) is 13.6. The maximum absolute atomic E-state index is 13.4. The lowest BCUT2D eigenvalue weighted by atomic mass is 10.2. The minimum atomic E-state index is -0.0227. The van der Waals surface area contributed by atoms with E-state index in [4.69, 9.17) is 14.2 Å². The van der Waals surface area contributed by atoms with Crippen LogP contribution in [0.15, 0.2) is 30.3 Å². The summed E-state index contributed by atoms with van der Waals surface area (Å²) >= 11 is 0. The van der Waals surface area contributed by atoms with Gasteiger partial charge in [0, 0.05) is 53.4 Å². The van der Waals surface area contributed by atoms with Crippen LogP contribution in [0.3, 0.4) is 0 Å². The highest BCUT2D eigenvalue weighted by Gasteiger charge is 2.24. The van der Waals surface area contributed by atoms with Gasteiger partial charge in [-0.05, 0) is 12.1 Å². The van der Waals surface area contributed by atoms with E-state index in [2.05, 4.69) is 21.3 Å². The predicted octanol–water partition coefficient (Wildman–Crippen LogP) is 2.51. The largest absolute Gasteiger partial charge is 0.383 e. The molecule has 0 aliphatic heterocycles. The number of aromatic nitrogens is 2. The molecule has 3 rings (SSSR count). The number of ether oxygens (including phenoxy) is 3. The highest BCUT2D eigenvalue weighted by atomic mass is 16.5. The molecule has 0 saturated carbocycles. The van der Waals surface area contributed by atoms with Gasteiger partial charge in [-0.2, -0.15) is 0 Å². The zero-order valence-electron chi connectivity index (χ0n) is 17.1. The van der Waals surface area contributed by atoms with E-state index in [1.807, 2.05) is 25.2 Å². The fourth-order valence-electron chi connectivity index (χ4n) is 3.64. The number of amides is 1. The van der Waals surface area contributed by atoms with Crippen LogP contribution in [0.5, 0.6) is 0 Å². The Hall–Kier alpha value is -2.35. The van der Waals surface area contributed by atoms with Crippen LogP contribution in [0.25, 0.3) is 21.9 Å². The van der Waals surface area contributed by atoms with Crippen molar-refractivity contribution in [3.05, 3.63) is 36.0 Å². The highest BCUT2D eigenvalue weighted by Crippen LogP contribution is 2.31. The van der Waals surface area contributed by atoms with Gasteiger partial charge >= 0.3 is 0 Å². The van der Waals surface area contributed by atoms with Gasteiger partial charge in [0.15, 0.2) is 0 Å². The number of carbonyl (C=O) groups excluding carboxylic acids is 1. The Kier molecular flexibility index (Phi) is 6.72. The monoisotopic (exact) mass is 387 g/mol. The molecule has 0 bridgehead atoms. The third kappa shape index (κ3) is 3.78. The van der Waals surface area contributed by atoms with Crippen LogP contribution in [0, 0.1) is 0 Å². The summed E-state index contributed by atoms with van der Waals surface area (Å²) in [6.07, 6.45) is 0. The summed E-state index contributed by atoms with van der Waals surface area (Å²) in [4.78, 5) is 15.2. The van der Waals surface area contributed by atoms with Gasteiger partial charge in [-0.25, -0.2) is 0 Å². The third-order valence-corrected chi connectivity index (χ3v) is 5.11. The topological polar surface area (TPSA) is 57.9 Å². The molecular weight excluding hydrogens is 358 g/mol. The van der Waals surface area contributed by atoms with Gasteiger partial charge in [0.25, 0.3) is 5.91 Å². The second kappa shape index (κ2) is 9.23. The van der Waals surface area contributed by atoms with Gasteiger partial charge in [0.2, 0.25) is 0 Å². The molecule has 0 radical (unpaired) electrons. The van der Waals surface area contributed by atoms with Gasteiger partial charge in [-0.1, -0.05) is 18.2 Å². The smallest absolute Gasteiger partial charge is 0.270 e. The van der Waals surface area contributed by atoms with Crippen LogP contribution in [0.2, 0.25) is 0 Å². The maximum Gasteiger partial charge on any atom is 0.270 e. The SMILES string of the molecule is COCCN(CCOC)C(=O)c1cc2c(c3ccccc3n2C)n1CCOC. The van der Waals surface area contributed by atoms with Crippen LogP contribution in [-0.2, 0) is 27.8 Å². The summed E-state index contributed by atoms with van der Waals surface area (Å²) in [5, 5.41) is 1.13. The molecule has 152 valence electrons. The third-order valence-electron chi connectivity index (χ3n) is 5.11. The molecule has 0 unspecified atom stereocenters. The highest BCUT2D eigenvalue weighted by molar-refractivity contribution is 6.10. The Labute approximate surface area is 165 Å². The molecule has 0 fully saturated rings. The lowest BCUT2D eigenvalue weighted by Gasteiger charge is -2.23. The average molecular weight is 387 g/mol. The Morgan fingerprint density at radius 2 is 1.61 bits per heavy atom. The number of hydrogen-bond acceptors (Lipinski definition) is 4. The number of benzene rings is 1. The first-order valence-electron chi connectivity index (χ1n) is 9.46. The number of rotatable bonds is 10. The van der Waals surface area contributed by atoms with Crippen molar-refractivity contribution in [2.45, 2.75) is 6.54 Å². The molecule has 3 aromatic rings. The van der Waals surface area contributed by atoms with Crippen molar-refractivity contribution in [3.8, 4) is 0 Å². The van der Waals surface area contributed by atoms with Crippen molar-refractivity contribution in [2.75, 3.05) is 54.2 Å². The Morgan fingerprint density at radius 3 is 2.25 bits per heavy atom. The molecule has 0 spiro atoms. The Bertz CT molecular complexity index is 936. The standard InChI is InChI=1S/C21H29N3O4/c1-22-17-8-6-5-7-16(17)20-18(22)15-19(24(20)11-14-28-4)21(25)23(9-12-26-2)10-13-27-3/h5-8,15H,9-14H2,1-4H3. The number of aryl methyl sites for hydroxylation is 1. The molecule has 1 amide bonds. The van der Waals surface area contributed by atoms with E-state index < -0.39 is 0 Å². The summed E-state index contributed by atoms with van der Waals surface area (Å²) in [5.74, 6) is -0.0227. The molecule has 2 heterocycles. The lowest BCUT2D eigenvalue weighted by molar-refractivity contribution is 0.0616. The minimum Gasteiger partial charge on any atom is -0.383 e. The Morgan fingerprint density at radius 1 is 0.964 bits per heavy atom. The number of hydrogen-bond donors (Lipinski definition) is 0. The summed E-state index contributed by atoms with van der Waals surface area (Å²) < 4.78 is 19.9. The van der Waals surface area contributed by atoms with E-state index in [1.165, 1.54) is 0 Å². The van der Waals surface area contributed by atoms with E-state index in [1.54, 1.807) is 26.2 Å². The van der Waals surface area contributed by atoms with E-state index >= 15 is 0 Å². The molecule has 0 N–H and O–H groups in total. The zero-order valence-corrected chi connectivity index (χ0v) is 17.1. The molecule has 7 nitrogen and oxygen atoms in total. The first kappa shape index (κ1) is 20.4. The van der Waals surface area contributed by atoms with E-state index in [-0.39, 0.29) is 5.91 Å². The van der Waals surface area contributed by atoms with Gasteiger partial charge in [0.05, 0.1) is 36.4 Å². The fourth-order valence-corrected chi connectivity index (χ4v) is 3.64. The van der Waals surface area contributed by atoms with Gasteiger partial charge in [0.1, 0.15) is 5.69 Å². The Balaban J connectivity index is 2.10. The average Bonchev–Trinajstić information content (AvgIpc) is 3.22. The van der Waals surface area contributed by atoms with E-state index in [0.717, 1.165) is 21.9 Å². The summed E-state index contributed by atoms with van der Waals surface area (Å²) in [7, 11) is 6.99. The number of nitrogens with zero attached hydrogens (tertiary/aromatic N) is 3. The van der Waals surface area contributed by atoms with E-state index in [0.29, 0.717) is 45.1 Å². The van der Waals surface area contributed by atoms with Crippen molar-refractivity contribution in [3.63, 3.8) is 0 Å². The summed E-state index contributed by atoms with van der Waals surface area (Å²) in [5.41, 5.74) is 3.92. The molecule has 0 aliphatic rings. The number of para-hydroxylation sites is 1. The van der Waals surface area contributed by atoms with Gasteiger partial charge < -0.3 is 28.2 Å². The van der Waals surface area contributed by atoms with Crippen LogP contribution < -0.4 is 0 Å². The van der Waals surface area contributed by atoms with Gasteiger partial charge in [-0.3, -0.25) is 4.79 Å². The van der Waals surface area contributed by atoms with Crippen molar-refractivity contribution >= 4 is 27.8 Å². The second-order valence-corrected chi connectivity index (χ2v) is 6.76. The van der Waals surface area contributed by atoms with Gasteiger partial charge in [-0.15, -0.1) is 0 Å². The lowest BCUT2D eigenvalue weighted by Crippen LogP contribution is -2.37. The minimum absolute atomic E-state index is 0.0227. The van der Waals surface area contributed by atoms with Crippen LogP contribution in [-0.4, -0.2) is 74.2 Å². The molecular formula is C21H29N3O4. The fraction of sp³-hybridized carbons (Fsp3) is 0.476. The molecule has 1 aromatic carbocycles. The summed E-state index contributed by atoms with van der Waals surface area (Å²) in [6, 6.07) is 10.2. The number of fused-ring (bicyclic) bond motifs is 3. The zero-order chi connectivity index (χ0) is 20.1. The maximum atomic E-state index is 13.4. The quantitative estimate of drug-likeness (QED) is 0.536. The second-order valence-electron chi connectivity index (χ2n) is 6.76. The molecule has 0 aliphatic carbocycles. The molecule has 2 aromatic heterocycles.